The van der Waals surface area contributed by atoms with Gasteiger partial charge >= 0.3 is 0 Å². The summed E-state index contributed by atoms with van der Waals surface area (Å²) in [5.74, 6) is 0. The molecule has 2 N–H and O–H groups in total. The Hall–Kier alpha value is -1.60. The van der Waals surface area contributed by atoms with E-state index in [0.29, 0.717) is 10.2 Å². The second-order valence-electron chi connectivity index (χ2n) is 6.11. The van der Waals surface area contributed by atoms with Crippen molar-refractivity contribution in [3.8, 4) is 0 Å². The molecule has 0 unspecified atom stereocenters. The molecule has 150 valence electrons. The van der Waals surface area contributed by atoms with Gasteiger partial charge in [-0.25, -0.2) is 8.84 Å². The molecule has 0 spiro atoms. The highest BCUT2D eigenvalue weighted by atomic mass is 35.5. The summed E-state index contributed by atoms with van der Waals surface area (Å²) in [6, 6.07) is 19.3. The van der Waals surface area contributed by atoms with Gasteiger partial charge in [0.25, 0.3) is 0 Å². The van der Waals surface area contributed by atoms with Crippen molar-refractivity contribution in [3.63, 3.8) is 0 Å². The molecule has 0 radical (unpaired) electrons. The second kappa shape index (κ2) is 12.8. The van der Waals surface area contributed by atoms with E-state index in [4.69, 9.17) is 48.0 Å². The van der Waals surface area contributed by atoms with E-state index >= 15 is 0 Å². The molecule has 0 saturated heterocycles. The van der Waals surface area contributed by atoms with Crippen molar-refractivity contribution in [2.45, 2.75) is 25.7 Å². The highest BCUT2D eigenvalue weighted by molar-refractivity contribution is 7.80. The molecule has 0 bridgehead atoms. The molecule has 2 aromatic rings. The van der Waals surface area contributed by atoms with Crippen molar-refractivity contribution in [2.24, 2.45) is 0 Å². The Morgan fingerprint density at radius 3 is 1.36 bits per heavy atom. The van der Waals surface area contributed by atoms with Gasteiger partial charge in [0.15, 0.2) is 10.2 Å². The fourth-order valence-electron chi connectivity index (χ4n) is 2.49. The van der Waals surface area contributed by atoms with Crippen molar-refractivity contribution >= 4 is 69.6 Å². The fourth-order valence-corrected chi connectivity index (χ4v) is 3.25. The van der Waals surface area contributed by atoms with Gasteiger partial charge in [-0.1, -0.05) is 49.2 Å². The summed E-state index contributed by atoms with van der Waals surface area (Å²) in [6.07, 6.45) is 4.24. The third-order valence-corrected chi connectivity index (χ3v) is 5.56. The number of unbranched alkanes of at least 4 members (excludes halogenated alkanes) is 3. The van der Waals surface area contributed by atoms with Gasteiger partial charge in [-0.3, -0.25) is 0 Å². The Labute approximate surface area is 188 Å². The van der Waals surface area contributed by atoms with E-state index in [2.05, 4.69) is 10.6 Å². The topological polar surface area (TPSA) is 30.5 Å². The van der Waals surface area contributed by atoms with Gasteiger partial charge in [-0.05, 0) is 61.5 Å². The molecule has 0 fully saturated rings. The average molecular weight is 455 g/mol. The fraction of sp³-hybridized carbons (Fsp3) is 0.300. The minimum Gasteiger partial charge on any atom is -0.361 e. The number of rotatable bonds is 9. The monoisotopic (exact) mass is 454 g/mol. The van der Waals surface area contributed by atoms with E-state index in [1.807, 2.05) is 60.7 Å². The van der Waals surface area contributed by atoms with E-state index in [-0.39, 0.29) is 0 Å². The molecule has 4 nitrogen and oxygen atoms in total. The molecule has 0 aromatic heterocycles. The van der Waals surface area contributed by atoms with E-state index in [1.165, 1.54) is 8.84 Å². The number of nitrogens with zero attached hydrogens (tertiary/aromatic N) is 2. The SMILES string of the molecule is S=C(NCCCCCCNC(=S)N(Cl)c1ccccc1)N(Cl)c1ccccc1. The lowest BCUT2D eigenvalue weighted by atomic mass is 10.2. The maximum Gasteiger partial charge on any atom is 0.188 e. The van der Waals surface area contributed by atoms with Crippen molar-refractivity contribution in [1.29, 1.82) is 0 Å². The predicted octanol–water partition coefficient (Wildman–Crippen LogP) is 5.62. The summed E-state index contributed by atoms with van der Waals surface area (Å²) in [4.78, 5) is 0. The average Bonchev–Trinajstić information content (AvgIpc) is 2.75. The van der Waals surface area contributed by atoms with Gasteiger partial charge in [-0.15, -0.1) is 0 Å². The molecule has 0 aliphatic heterocycles. The van der Waals surface area contributed by atoms with Crippen LogP contribution in [0.4, 0.5) is 11.4 Å². The minimum atomic E-state index is 0.517. The Morgan fingerprint density at radius 1 is 0.643 bits per heavy atom. The smallest absolute Gasteiger partial charge is 0.188 e. The standard InChI is InChI=1S/C20H24Cl2N4S2/c21-25(17-11-5-3-6-12-17)19(27)23-15-9-1-2-10-16-24-20(28)26(22)18-13-7-4-8-14-18/h3-8,11-14H,1-2,9-10,15-16H2,(H,23,27)(H,24,28). The summed E-state index contributed by atoms with van der Waals surface area (Å²) in [7, 11) is 0. The Bertz CT molecular complexity index is 668. The molecule has 28 heavy (non-hydrogen) atoms. The molecule has 0 heterocycles. The van der Waals surface area contributed by atoms with E-state index in [1.54, 1.807) is 0 Å². The van der Waals surface area contributed by atoms with Crippen LogP contribution in [0.1, 0.15) is 25.7 Å². The summed E-state index contributed by atoms with van der Waals surface area (Å²) >= 11 is 23.1. The highest BCUT2D eigenvalue weighted by Crippen LogP contribution is 2.16. The number of thiocarbonyl (C=S) groups is 2. The molecule has 2 aromatic carbocycles. The molecule has 2 rings (SSSR count). The molecular formula is C20H24Cl2N4S2. The van der Waals surface area contributed by atoms with Crippen LogP contribution in [-0.4, -0.2) is 23.3 Å². The van der Waals surface area contributed by atoms with Gasteiger partial charge in [0.05, 0.1) is 11.4 Å². The van der Waals surface area contributed by atoms with Crippen molar-refractivity contribution in [1.82, 2.24) is 10.6 Å². The van der Waals surface area contributed by atoms with Crippen LogP contribution in [0.25, 0.3) is 0 Å². The molecule has 0 atom stereocenters. The molecule has 8 heteroatoms. The van der Waals surface area contributed by atoms with Crippen molar-refractivity contribution < 1.29 is 0 Å². The first-order valence-corrected chi connectivity index (χ1v) is 10.7. The van der Waals surface area contributed by atoms with Gasteiger partial charge in [0.2, 0.25) is 0 Å². The third-order valence-electron chi connectivity index (χ3n) is 3.98. The summed E-state index contributed by atoms with van der Waals surface area (Å²) < 4.78 is 2.93. The molecule has 0 aliphatic carbocycles. The van der Waals surface area contributed by atoms with Crippen LogP contribution in [-0.2, 0) is 0 Å². The lowest BCUT2D eigenvalue weighted by Crippen LogP contribution is -2.34. The van der Waals surface area contributed by atoms with Crippen molar-refractivity contribution in [2.75, 3.05) is 21.9 Å². The quantitative estimate of drug-likeness (QED) is 0.290. The van der Waals surface area contributed by atoms with Crippen LogP contribution in [0.15, 0.2) is 60.7 Å². The zero-order chi connectivity index (χ0) is 20.2. The first kappa shape index (κ1) is 22.7. The summed E-state index contributed by atoms with van der Waals surface area (Å²) in [5, 5.41) is 7.41. The molecular weight excluding hydrogens is 431 g/mol. The number of benzene rings is 2. The van der Waals surface area contributed by atoms with E-state index < -0.39 is 0 Å². The Morgan fingerprint density at radius 2 is 1.00 bits per heavy atom. The van der Waals surface area contributed by atoms with Crippen molar-refractivity contribution in [3.05, 3.63) is 60.7 Å². The zero-order valence-corrected chi connectivity index (χ0v) is 18.6. The maximum atomic E-state index is 6.23. The Kier molecular flexibility index (Phi) is 10.4. The number of nitrogens with one attached hydrogen (secondary N) is 2. The minimum absolute atomic E-state index is 0.517. The number of halogens is 2. The number of hydrogen-bond acceptors (Lipinski definition) is 2. The molecule has 0 amide bonds. The van der Waals surface area contributed by atoms with Crippen LogP contribution in [0.3, 0.4) is 0 Å². The Balaban J connectivity index is 1.51. The molecule has 0 saturated carbocycles. The zero-order valence-electron chi connectivity index (χ0n) is 15.5. The summed E-state index contributed by atoms with van der Waals surface area (Å²) in [6.45, 7) is 1.59. The highest BCUT2D eigenvalue weighted by Gasteiger charge is 2.09. The van der Waals surface area contributed by atoms with Gasteiger partial charge in [-0.2, -0.15) is 0 Å². The van der Waals surface area contributed by atoms with Crippen LogP contribution < -0.4 is 19.5 Å². The van der Waals surface area contributed by atoms with Gasteiger partial charge < -0.3 is 10.6 Å². The largest absolute Gasteiger partial charge is 0.361 e. The lowest BCUT2D eigenvalue weighted by Gasteiger charge is -2.18. The predicted molar refractivity (Wildman–Crippen MR) is 129 cm³/mol. The molecule has 0 aliphatic rings. The van der Waals surface area contributed by atoms with E-state index in [0.717, 1.165) is 50.1 Å². The van der Waals surface area contributed by atoms with Crippen LogP contribution in [0, 0.1) is 0 Å². The lowest BCUT2D eigenvalue weighted by molar-refractivity contribution is 0.625. The van der Waals surface area contributed by atoms with Gasteiger partial charge in [0.1, 0.15) is 0 Å². The third kappa shape index (κ3) is 7.80. The first-order valence-electron chi connectivity index (χ1n) is 9.17. The van der Waals surface area contributed by atoms with Crippen LogP contribution in [0.2, 0.25) is 0 Å². The van der Waals surface area contributed by atoms with Crippen LogP contribution >= 0.6 is 48.0 Å². The maximum absolute atomic E-state index is 6.23. The normalized spacial score (nSPS) is 10.2. The number of anilines is 2. The number of para-hydroxylation sites is 2. The van der Waals surface area contributed by atoms with Gasteiger partial charge in [0, 0.05) is 36.6 Å². The summed E-state index contributed by atoms with van der Waals surface area (Å²) in [5.41, 5.74) is 1.71. The first-order chi connectivity index (χ1) is 13.6. The van der Waals surface area contributed by atoms with E-state index in [9.17, 15) is 0 Å². The second-order valence-corrected chi connectivity index (χ2v) is 7.56. The van der Waals surface area contributed by atoms with Crippen LogP contribution in [0.5, 0.6) is 0 Å². The number of hydrogen-bond donors (Lipinski definition) is 2.